The van der Waals surface area contributed by atoms with E-state index in [1.807, 2.05) is 37.3 Å². The standard InChI is InChI=1S/C12H20N2O3S/c1-4-11(10-13-18(15,16)14(2)3)17-12-8-6-5-7-9-12/h5-9,11,13H,4,10H2,1-3H3/t11-/m0/s1. The molecule has 0 aliphatic carbocycles. The Morgan fingerprint density at radius 3 is 2.39 bits per heavy atom. The average Bonchev–Trinajstić information content (AvgIpc) is 2.35. The van der Waals surface area contributed by atoms with Gasteiger partial charge in [-0.2, -0.15) is 17.4 Å². The highest BCUT2D eigenvalue weighted by molar-refractivity contribution is 7.87. The van der Waals surface area contributed by atoms with Crippen LogP contribution in [-0.4, -0.2) is 39.5 Å². The molecule has 0 aliphatic rings. The van der Waals surface area contributed by atoms with Crippen LogP contribution < -0.4 is 9.46 Å². The van der Waals surface area contributed by atoms with Crippen LogP contribution >= 0.6 is 0 Å². The summed E-state index contributed by atoms with van der Waals surface area (Å²) in [5, 5.41) is 0. The number of nitrogens with one attached hydrogen (secondary N) is 1. The fourth-order valence-corrected chi connectivity index (χ4v) is 1.94. The lowest BCUT2D eigenvalue weighted by Crippen LogP contribution is -2.41. The summed E-state index contributed by atoms with van der Waals surface area (Å²) < 4.78 is 32.5. The second-order valence-corrected chi connectivity index (χ2v) is 6.07. The number of nitrogens with zero attached hydrogens (tertiary/aromatic N) is 1. The fraction of sp³-hybridized carbons (Fsp3) is 0.500. The van der Waals surface area contributed by atoms with Crippen molar-refractivity contribution in [3.05, 3.63) is 30.3 Å². The molecule has 0 aromatic heterocycles. The number of rotatable bonds is 7. The van der Waals surface area contributed by atoms with Gasteiger partial charge in [0, 0.05) is 20.6 Å². The minimum absolute atomic E-state index is 0.179. The zero-order chi connectivity index (χ0) is 13.6. The van der Waals surface area contributed by atoms with Crippen LogP contribution in [0.25, 0.3) is 0 Å². The average molecular weight is 272 g/mol. The van der Waals surface area contributed by atoms with E-state index in [4.69, 9.17) is 4.74 Å². The molecule has 5 nitrogen and oxygen atoms in total. The lowest BCUT2D eigenvalue weighted by molar-refractivity contribution is 0.200. The largest absolute Gasteiger partial charge is 0.489 e. The van der Waals surface area contributed by atoms with E-state index in [2.05, 4.69) is 4.72 Å². The van der Waals surface area contributed by atoms with Crippen LogP contribution in [0.2, 0.25) is 0 Å². The second kappa shape index (κ2) is 6.72. The van der Waals surface area contributed by atoms with Gasteiger partial charge in [-0.1, -0.05) is 25.1 Å². The molecule has 0 fully saturated rings. The fourth-order valence-electron chi connectivity index (χ4n) is 1.29. The van der Waals surface area contributed by atoms with Crippen molar-refractivity contribution < 1.29 is 13.2 Å². The zero-order valence-corrected chi connectivity index (χ0v) is 11.8. The molecule has 0 amide bonds. The van der Waals surface area contributed by atoms with E-state index in [1.165, 1.54) is 14.1 Å². The maximum Gasteiger partial charge on any atom is 0.279 e. The van der Waals surface area contributed by atoms with Crippen LogP contribution in [0, 0.1) is 0 Å². The predicted octanol–water partition coefficient (Wildman–Crippen LogP) is 1.24. The van der Waals surface area contributed by atoms with Crippen LogP contribution in [0.4, 0.5) is 0 Å². The van der Waals surface area contributed by atoms with E-state index in [0.717, 1.165) is 16.5 Å². The van der Waals surface area contributed by atoms with Crippen LogP contribution in [0.1, 0.15) is 13.3 Å². The summed E-state index contributed by atoms with van der Waals surface area (Å²) >= 11 is 0. The summed E-state index contributed by atoms with van der Waals surface area (Å²) in [5.41, 5.74) is 0. The van der Waals surface area contributed by atoms with Gasteiger partial charge < -0.3 is 4.74 Å². The van der Waals surface area contributed by atoms with Gasteiger partial charge in [0.1, 0.15) is 11.9 Å². The van der Waals surface area contributed by atoms with Gasteiger partial charge >= 0.3 is 0 Å². The van der Waals surface area contributed by atoms with Gasteiger partial charge in [-0.3, -0.25) is 0 Å². The Kier molecular flexibility index (Phi) is 5.58. The van der Waals surface area contributed by atoms with Crippen LogP contribution in [-0.2, 0) is 10.2 Å². The highest BCUT2D eigenvalue weighted by atomic mass is 32.2. The third-order valence-electron chi connectivity index (χ3n) is 2.48. The Morgan fingerprint density at radius 1 is 1.28 bits per heavy atom. The molecule has 0 aliphatic heterocycles. The molecule has 1 atom stereocenters. The van der Waals surface area contributed by atoms with E-state index in [9.17, 15) is 8.42 Å². The molecule has 1 aromatic rings. The first-order chi connectivity index (χ1) is 8.45. The maximum atomic E-state index is 11.6. The van der Waals surface area contributed by atoms with Crippen molar-refractivity contribution in [1.29, 1.82) is 0 Å². The molecule has 0 saturated carbocycles. The van der Waals surface area contributed by atoms with Gasteiger partial charge in [0.15, 0.2) is 0 Å². The zero-order valence-electron chi connectivity index (χ0n) is 11.0. The minimum Gasteiger partial charge on any atom is -0.489 e. The molecule has 0 radical (unpaired) electrons. The first-order valence-corrected chi connectivity index (χ1v) is 7.28. The highest BCUT2D eigenvalue weighted by Crippen LogP contribution is 2.12. The molecule has 0 unspecified atom stereocenters. The second-order valence-electron chi connectivity index (χ2n) is 4.10. The smallest absolute Gasteiger partial charge is 0.279 e. The third kappa shape index (κ3) is 4.64. The Labute approximate surface area is 109 Å². The molecule has 0 bridgehead atoms. The predicted molar refractivity (Wildman–Crippen MR) is 71.8 cm³/mol. The molecular weight excluding hydrogens is 252 g/mol. The molecule has 102 valence electrons. The van der Waals surface area contributed by atoms with Crippen LogP contribution in [0.3, 0.4) is 0 Å². The molecule has 1 N–H and O–H groups in total. The lowest BCUT2D eigenvalue weighted by atomic mass is 10.2. The van der Waals surface area contributed by atoms with Gasteiger partial charge in [0.25, 0.3) is 10.2 Å². The summed E-state index contributed by atoms with van der Waals surface area (Å²) in [6, 6.07) is 9.37. The van der Waals surface area contributed by atoms with E-state index in [1.54, 1.807) is 0 Å². The Balaban J connectivity index is 2.54. The van der Waals surface area contributed by atoms with Crippen LogP contribution in [0.5, 0.6) is 5.75 Å². The maximum absolute atomic E-state index is 11.6. The molecule has 1 aromatic carbocycles. The quantitative estimate of drug-likeness (QED) is 0.812. The molecule has 1 rings (SSSR count). The SMILES string of the molecule is CC[C@@H](CNS(=O)(=O)N(C)C)Oc1ccccc1. The number of ether oxygens (including phenoxy) is 1. The van der Waals surface area contributed by atoms with Gasteiger partial charge in [-0.15, -0.1) is 0 Å². The third-order valence-corrected chi connectivity index (χ3v) is 3.97. The van der Waals surface area contributed by atoms with E-state index < -0.39 is 10.2 Å². The number of hydrogen-bond acceptors (Lipinski definition) is 3. The number of hydrogen-bond donors (Lipinski definition) is 1. The van der Waals surface area contributed by atoms with Crippen molar-refractivity contribution in [2.75, 3.05) is 20.6 Å². The van der Waals surface area contributed by atoms with Crippen molar-refractivity contribution in [3.63, 3.8) is 0 Å². The normalized spacial score (nSPS) is 13.6. The topological polar surface area (TPSA) is 58.6 Å². The van der Waals surface area contributed by atoms with E-state index >= 15 is 0 Å². The van der Waals surface area contributed by atoms with Gasteiger partial charge in [0.2, 0.25) is 0 Å². The minimum atomic E-state index is -3.39. The summed E-state index contributed by atoms with van der Waals surface area (Å²) in [4.78, 5) is 0. The summed E-state index contributed by atoms with van der Waals surface area (Å²) in [6.45, 7) is 2.21. The van der Waals surface area contributed by atoms with E-state index in [0.29, 0.717) is 0 Å². The number of para-hydroxylation sites is 1. The Morgan fingerprint density at radius 2 is 1.89 bits per heavy atom. The summed E-state index contributed by atoms with van der Waals surface area (Å²) in [7, 11) is -0.417. The summed E-state index contributed by atoms with van der Waals surface area (Å²) in [5.74, 6) is 0.744. The van der Waals surface area contributed by atoms with Gasteiger partial charge in [0.05, 0.1) is 0 Å². The van der Waals surface area contributed by atoms with Crippen molar-refractivity contribution in [2.24, 2.45) is 0 Å². The summed E-state index contributed by atoms with van der Waals surface area (Å²) in [6.07, 6.45) is 0.548. The molecule has 0 heterocycles. The first-order valence-electron chi connectivity index (χ1n) is 5.84. The van der Waals surface area contributed by atoms with Gasteiger partial charge in [-0.25, -0.2) is 0 Å². The Hall–Kier alpha value is -1.11. The molecule has 6 heteroatoms. The number of benzene rings is 1. The van der Waals surface area contributed by atoms with Crippen molar-refractivity contribution >= 4 is 10.2 Å². The van der Waals surface area contributed by atoms with E-state index in [-0.39, 0.29) is 12.6 Å². The van der Waals surface area contributed by atoms with Crippen LogP contribution in [0.15, 0.2) is 30.3 Å². The van der Waals surface area contributed by atoms with Gasteiger partial charge in [-0.05, 0) is 18.6 Å². The molecular formula is C12H20N2O3S. The van der Waals surface area contributed by atoms with Crippen molar-refractivity contribution in [3.8, 4) is 5.75 Å². The molecule has 0 spiro atoms. The van der Waals surface area contributed by atoms with Crippen molar-refractivity contribution in [2.45, 2.75) is 19.4 Å². The molecule has 18 heavy (non-hydrogen) atoms. The first kappa shape index (κ1) is 14.9. The van der Waals surface area contributed by atoms with Crippen molar-refractivity contribution in [1.82, 2.24) is 9.03 Å². The Bertz CT molecular complexity index is 446. The highest BCUT2D eigenvalue weighted by Gasteiger charge is 2.16. The lowest BCUT2D eigenvalue weighted by Gasteiger charge is -2.19. The molecule has 0 saturated heterocycles. The monoisotopic (exact) mass is 272 g/mol.